The minimum Gasteiger partial charge on any atom is -0.381 e. The molecular formula is C16H23IN2. The maximum absolute atomic E-state index is 3.68. The third-order valence-corrected chi connectivity index (χ3v) is 4.52. The second kappa shape index (κ2) is 7.29. The molecule has 0 amide bonds. The van der Waals surface area contributed by atoms with Crippen molar-refractivity contribution >= 4 is 28.3 Å². The van der Waals surface area contributed by atoms with Crippen LogP contribution in [-0.2, 0) is 0 Å². The number of nitrogens with zero attached hydrogens (tertiary/aromatic N) is 1. The number of benzene rings is 1. The summed E-state index contributed by atoms with van der Waals surface area (Å²) in [4.78, 5) is 2.54. The van der Waals surface area contributed by atoms with Gasteiger partial charge >= 0.3 is 0 Å². The van der Waals surface area contributed by atoms with E-state index in [0.29, 0.717) is 6.04 Å². The highest BCUT2D eigenvalue weighted by molar-refractivity contribution is 14.1. The van der Waals surface area contributed by atoms with Gasteiger partial charge in [0, 0.05) is 34.9 Å². The Bertz CT molecular complexity index is 430. The lowest BCUT2D eigenvalue weighted by Crippen LogP contribution is -2.39. The Balaban J connectivity index is 1.81. The van der Waals surface area contributed by atoms with Gasteiger partial charge in [-0.2, -0.15) is 0 Å². The number of hydrogen-bond acceptors (Lipinski definition) is 2. The number of para-hydroxylation sites is 1. The molecule has 1 aromatic carbocycles. The van der Waals surface area contributed by atoms with Crippen molar-refractivity contribution in [2.45, 2.75) is 32.7 Å². The Kier molecular flexibility index (Phi) is 5.70. The van der Waals surface area contributed by atoms with E-state index in [-0.39, 0.29) is 0 Å². The molecule has 1 aliphatic heterocycles. The van der Waals surface area contributed by atoms with Gasteiger partial charge in [0.1, 0.15) is 0 Å². The molecule has 1 N–H and O–H groups in total. The minimum absolute atomic E-state index is 0.624. The molecule has 1 heterocycles. The molecule has 0 aliphatic carbocycles. The quantitative estimate of drug-likeness (QED) is 0.633. The van der Waals surface area contributed by atoms with Crippen LogP contribution >= 0.6 is 22.6 Å². The lowest BCUT2D eigenvalue weighted by Gasteiger charge is -2.32. The summed E-state index contributed by atoms with van der Waals surface area (Å²) in [5, 5.41) is 3.68. The van der Waals surface area contributed by atoms with Crippen molar-refractivity contribution in [2.75, 3.05) is 25.0 Å². The van der Waals surface area contributed by atoms with Crippen molar-refractivity contribution in [3.8, 4) is 0 Å². The Morgan fingerprint density at radius 2 is 2.00 bits per heavy atom. The monoisotopic (exact) mass is 370 g/mol. The summed E-state index contributed by atoms with van der Waals surface area (Å²) < 4.78 is 1.31. The Labute approximate surface area is 130 Å². The number of piperidine rings is 1. The third kappa shape index (κ3) is 4.80. The number of rotatable bonds is 4. The van der Waals surface area contributed by atoms with Crippen molar-refractivity contribution in [1.82, 2.24) is 4.90 Å². The molecule has 3 heteroatoms. The van der Waals surface area contributed by atoms with E-state index >= 15 is 0 Å². The number of allylic oxidation sites excluding steroid dienone is 1. The fraction of sp³-hybridized carbons (Fsp3) is 0.500. The molecule has 2 rings (SSSR count). The molecule has 0 saturated carbocycles. The van der Waals surface area contributed by atoms with Crippen molar-refractivity contribution in [3.63, 3.8) is 0 Å². The van der Waals surface area contributed by atoms with Crippen LogP contribution in [0.25, 0.3) is 0 Å². The first-order valence-electron chi connectivity index (χ1n) is 7.02. The zero-order valence-electron chi connectivity index (χ0n) is 11.8. The van der Waals surface area contributed by atoms with Gasteiger partial charge in [-0.05, 0) is 61.4 Å². The number of anilines is 1. The normalized spacial score (nSPS) is 17.2. The topological polar surface area (TPSA) is 15.3 Å². The summed E-state index contributed by atoms with van der Waals surface area (Å²) in [5.74, 6) is 0. The second-order valence-electron chi connectivity index (χ2n) is 5.48. The van der Waals surface area contributed by atoms with Crippen LogP contribution in [0.15, 0.2) is 35.9 Å². The zero-order valence-corrected chi connectivity index (χ0v) is 14.0. The van der Waals surface area contributed by atoms with Gasteiger partial charge in [-0.15, -0.1) is 0 Å². The highest BCUT2D eigenvalue weighted by Crippen LogP contribution is 2.21. The van der Waals surface area contributed by atoms with Gasteiger partial charge in [-0.25, -0.2) is 0 Å². The number of hydrogen-bond donors (Lipinski definition) is 1. The summed E-state index contributed by atoms with van der Waals surface area (Å²) in [7, 11) is 0. The van der Waals surface area contributed by atoms with Crippen LogP contribution in [0.1, 0.15) is 26.7 Å². The van der Waals surface area contributed by atoms with Gasteiger partial charge in [-0.3, -0.25) is 4.90 Å². The molecular weight excluding hydrogens is 347 g/mol. The molecule has 2 nitrogen and oxygen atoms in total. The molecule has 0 atom stereocenters. The summed E-state index contributed by atoms with van der Waals surface area (Å²) in [6.07, 6.45) is 4.80. The Morgan fingerprint density at radius 3 is 2.63 bits per heavy atom. The van der Waals surface area contributed by atoms with Crippen molar-refractivity contribution in [2.24, 2.45) is 0 Å². The lowest BCUT2D eigenvalue weighted by atomic mass is 10.0. The fourth-order valence-electron chi connectivity index (χ4n) is 2.37. The molecule has 19 heavy (non-hydrogen) atoms. The van der Waals surface area contributed by atoms with Crippen molar-refractivity contribution in [3.05, 3.63) is 39.5 Å². The van der Waals surface area contributed by atoms with Gasteiger partial charge in [0.15, 0.2) is 0 Å². The van der Waals surface area contributed by atoms with E-state index in [4.69, 9.17) is 0 Å². The standard InChI is InChI=1S/C16H23IN2/c1-13(2)7-10-19-11-8-14(9-12-19)18-16-6-4-3-5-15(16)17/h3-7,14,18H,8-12H2,1-2H3. The van der Waals surface area contributed by atoms with E-state index in [1.807, 2.05) is 0 Å². The first kappa shape index (κ1) is 14.9. The van der Waals surface area contributed by atoms with Crippen molar-refractivity contribution < 1.29 is 0 Å². The van der Waals surface area contributed by atoms with Crippen LogP contribution in [0.5, 0.6) is 0 Å². The van der Waals surface area contributed by atoms with Gasteiger partial charge in [0.25, 0.3) is 0 Å². The number of halogens is 1. The van der Waals surface area contributed by atoms with E-state index in [0.717, 1.165) is 6.54 Å². The molecule has 104 valence electrons. The average molecular weight is 370 g/mol. The SMILES string of the molecule is CC(C)=CCN1CCC(Nc2ccccc2I)CC1. The molecule has 0 unspecified atom stereocenters. The molecule has 0 bridgehead atoms. The Hall–Kier alpha value is -0.550. The maximum Gasteiger partial charge on any atom is 0.0478 e. The Morgan fingerprint density at radius 1 is 1.32 bits per heavy atom. The third-order valence-electron chi connectivity index (χ3n) is 3.58. The molecule has 0 aromatic heterocycles. The van der Waals surface area contributed by atoms with E-state index in [2.05, 4.69) is 77.0 Å². The molecule has 0 radical (unpaired) electrons. The van der Waals surface area contributed by atoms with Crippen LogP contribution in [-0.4, -0.2) is 30.6 Å². The molecule has 0 spiro atoms. The van der Waals surface area contributed by atoms with Gasteiger partial charge < -0.3 is 5.32 Å². The van der Waals surface area contributed by atoms with Crippen LogP contribution in [0.4, 0.5) is 5.69 Å². The smallest absolute Gasteiger partial charge is 0.0478 e. The predicted molar refractivity (Wildman–Crippen MR) is 91.7 cm³/mol. The summed E-state index contributed by atoms with van der Waals surface area (Å²) in [5.41, 5.74) is 2.70. The molecule has 1 fully saturated rings. The van der Waals surface area contributed by atoms with Crippen molar-refractivity contribution in [1.29, 1.82) is 0 Å². The van der Waals surface area contributed by atoms with E-state index in [1.54, 1.807) is 0 Å². The number of nitrogens with one attached hydrogen (secondary N) is 1. The van der Waals surface area contributed by atoms with Gasteiger partial charge in [-0.1, -0.05) is 23.8 Å². The highest BCUT2D eigenvalue weighted by atomic mass is 127. The first-order valence-corrected chi connectivity index (χ1v) is 8.10. The molecule has 1 aliphatic rings. The second-order valence-corrected chi connectivity index (χ2v) is 6.64. The van der Waals surface area contributed by atoms with Crippen LogP contribution in [0, 0.1) is 3.57 Å². The first-order chi connectivity index (χ1) is 9.15. The molecule has 1 aromatic rings. The number of likely N-dealkylation sites (tertiary alicyclic amines) is 1. The van der Waals surface area contributed by atoms with E-state index < -0.39 is 0 Å². The minimum atomic E-state index is 0.624. The summed E-state index contributed by atoms with van der Waals surface area (Å²) in [6, 6.07) is 9.16. The lowest BCUT2D eigenvalue weighted by molar-refractivity contribution is 0.240. The van der Waals surface area contributed by atoms with Crippen LogP contribution in [0.3, 0.4) is 0 Å². The summed E-state index contributed by atoms with van der Waals surface area (Å²) >= 11 is 2.40. The maximum atomic E-state index is 3.68. The van der Waals surface area contributed by atoms with Crippen LogP contribution in [0.2, 0.25) is 0 Å². The fourth-order valence-corrected chi connectivity index (χ4v) is 2.91. The zero-order chi connectivity index (χ0) is 13.7. The van der Waals surface area contributed by atoms with E-state index in [1.165, 1.54) is 40.8 Å². The summed E-state index contributed by atoms with van der Waals surface area (Å²) in [6.45, 7) is 7.85. The van der Waals surface area contributed by atoms with E-state index in [9.17, 15) is 0 Å². The molecule has 1 saturated heterocycles. The largest absolute Gasteiger partial charge is 0.381 e. The van der Waals surface area contributed by atoms with Gasteiger partial charge in [0.2, 0.25) is 0 Å². The van der Waals surface area contributed by atoms with Crippen LogP contribution < -0.4 is 5.32 Å². The average Bonchev–Trinajstić information content (AvgIpc) is 2.40. The highest BCUT2D eigenvalue weighted by Gasteiger charge is 2.18. The predicted octanol–water partition coefficient (Wildman–Crippen LogP) is 4.13. The van der Waals surface area contributed by atoms with Gasteiger partial charge in [0.05, 0.1) is 0 Å².